The van der Waals surface area contributed by atoms with Crippen LogP contribution in [0.15, 0.2) is 24.3 Å². The summed E-state index contributed by atoms with van der Waals surface area (Å²) < 4.78 is 0. The first-order valence-electron chi connectivity index (χ1n) is 7.69. The molecule has 2 heteroatoms. The van der Waals surface area contributed by atoms with Gasteiger partial charge in [-0.05, 0) is 30.7 Å². The standard InChI is InChI=1S/C17H30N2/c1-5-7-8-9-13-17(18-6-2)15-11-10-12-16(14-15)19(3)4/h10-12,14,17-18H,5-9,13H2,1-4H3. The number of nitrogens with zero attached hydrogens (tertiary/aromatic N) is 1. The molecule has 0 aliphatic carbocycles. The summed E-state index contributed by atoms with van der Waals surface area (Å²) in [6, 6.07) is 9.40. The minimum Gasteiger partial charge on any atom is -0.378 e. The summed E-state index contributed by atoms with van der Waals surface area (Å²) in [6.07, 6.45) is 6.58. The summed E-state index contributed by atoms with van der Waals surface area (Å²) >= 11 is 0. The lowest BCUT2D eigenvalue weighted by atomic mass is 9.99. The van der Waals surface area contributed by atoms with Crippen LogP contribution in [-0.4, -0.2) is 20.6 Å². The smallest absolute Gasteiger partial charge is 0.0364 e. The van der Waals surface area contributed by atoms with Crippen molar-refractivity contribution in [3.63, 3.8) is 0 Å². The highest BCUT2D eigenvalue weighted by Crippen LogP contribution is 2.23. The molecular weight excluding hydrogens is 232 g/mol. The molecule has 1 aromatic carbocycles. The van der Waals surface area contributed by atoms with E-state index in [2.05, 4.69) is 62.4 Å². The highest BCUT2D eigenvalue weighted by molar-refractivity contribution is 5.47. The van der Waals surface area contributed by atoms with Crippen LogP contribution >= 0.6 is 0 Å². The zero-order chi connectivity index (χ0) is 14.1. The summed E-state index contributed by atoms with van der Waals surface area (Å²) in [4.78, 5) is 2.17. The molecule has 0 aliphatic heterocycles. The van der Waals surface area contributed by atoms with Crippen LogP contribution in [0.5, 0.6) is 0 Å². The molecule has 1 aromatic rings. The van der Waals surface area contributed by atoms with E-state index in [1.54, 1.807) is 0 Å². The van der Waals surface area contributed by atoms with Crippen LogP contribution in [0.1, 0.15) is 57.6 Å². The highest BCUT2D eigenvalue weighted by Gasteiger charge is 2.10. The molecule has 19 heavy (non-hydrogen) atoms. The molecule has 0 spiro atoms. The van der Waals surface area contributed by atoms with E-state index < -0.39 is 0 Å². The Morgan fingerprint density at radius 1 is 1.11 bits per heavy atom. The molecule has 1 rings (SSSR count). The van der Waals surface area contributed by atoms with Crippen molar-refractivity contribution < 1.29 is 0 Å². The summed E-state index contributed by atoms with van der Waals surface area (Å²) in [6.45, 7) is 5.49. The van der Waals surface area contributed by atoms with Gasteiger partial charge in [-0.25, -0.2) is 0 Å². The highest BCUT2D eigenvalue weighted by atomic mass is 15.1. The van der Waals surface area contributed by atoms with E-state index in [9.17, 15) is 0 Å². The Morgan fingerprint density at radius 3 is 2.53 bits per heavy atom. The maximum Gasteiger partial charge on any atom is 0.0364 e. The van der Waals surface area contributed by atoms with Crippen LogP contribution in [0.2, 0.25) is 0 Å². The lowest BCUT2D eigenvalue weighted by molar-refractivity contribution is 0.482. The third-order valence-corrected chi connectivity index (χ3v) is 3.59. The molecule has 1 unspecified atom stereocenters. The van der Waals surface area contributed by atoms with E-state index in [1.807, 2.05) is 0 Å². The molecule has 0 amide bonds. The number of benzene rings is 1. The fourth-order valence-corrected chi connectivity index (χ4v) is 2.43. The fraction of sp³-hybridized carbons (Fsp3) is 0.647. The molecule has 1 N–H and O–H groups in total. The van der Waals surface area contributed by atoms with Gasteiger partial charge in [-0.2, -0.15) is 0 Å². The van der Waals surface area contributed by atoms with Crippen molar-refractivity contribution in [1.82, 2.24) is 5.32 Å². The number of anilines is 1. The van der Waals surface area contributed by atoms with Gasteiger partial charge < -0.3 is 10.2 Å². The predicted octanol–water partition coefficient (Wildman–Crippen LogP) is 4.37. The third kappa shape index (κ3) is 5.65. The molecule has 108 valence electrons. The van der Waals surface area contributed by atoms with E-state index >= 15 is 0 Å². The molecule has 0 bridgehead atoms. The van der Waals surface area contributed by atoms with E-state index in [-0.39, 0.29) is 0 Å². The molecule has 0 saturated heterocycles. The van der Waals surface area contributed by atoms with Crippen molar-refractivity contribution in [2.75, 3.05) is 25.5 Å². The van der Waals surface area contributed by atoms with Gasteiger partial charge >= 0.3 is 0 Å². The van der Waals surface area contributed by atoms with Gasteiger partial charge in [0.05, 0.1) is 0 Å². The number of hydrogen-bond acceptors (Lipinski definition) is 2. The van der Waals surface area contributed by atoms with Gasteiger partial charge in [0.15, 0.2) is 0 Å². The average Bonchev–Trinajstić information content (AvgIpc) is 2.42. The maximum atomic E-state index is 3.62. The van der Waals surface area contributed by atoms with Crippen LogP contribution in [-0.2, 0) is 0 Å². The normalized spacial score (nSPS) is 12.4. The first-order chi connectivity index (χ1) is 9.19. The van der Waals surface area contributed by atoms with Gasteiger partial charge in [-0.15, -0.1) is 0 Å². The summed E-state index contributed by atoms with van der Waals surface area (Å²) in [7, 11) is 4.20. The minimum absolute atomic E-state index is 0.502. The van der Waals surface area contributed by atoms with E-state index in [4.69, 9.17) is 0 Å². The number of nitrogens with one attached hydrogen (secondary N) is 1. The largest absolute Gasteiger partial charge is 0.378 e. The Labute approximate surface area is 119 Å². The third-order valence-electron chi connectivity index (χ3n) is 3.59. The quantitative estimate of drug-likeness (QED) is 0.665. The monoisotopic (exact) mass is 262 g/mol. The van der Waals surface area contributed by atoms with Gasteiger partial charge in [-0.1, -0.05) is 51.7 Å². The Balaban J connectivity index is 2.66. The summed E-state index contributed by atoms with van der Waals surface area (Å²) in [5.41, 5.74) is 2.71. The average molecular weight is 262 g/mol. The van der Waals surface area contributed by atoms with Crippen molar-refractivity contribution in [2.45, 2.75) is 52.0 Å². The Morgan fingerprint density at radius 2 is 1.89 bits per heavy atom. The van der Waals surface area contributed by atoms with Crippen LogP contribution in [0.4, 0.5) is 5.69 Å². The Bertz CT molecular complexity index is 347. The van der Waals surface area contributed by atoms with Gasteiger partial charge in [0.25, 0.3) is 0 Å². The lowest BCUT2D eigenvalue weighted by Gasteiger charge is -2.21. The first-order valence-corrected chi connectivity index (χ1v) is 7.69. The Kier molecular flexibility index (Phi) is 7.57. The summed E-state index contributed by atoms with van der Waals surface area (Å²) in [5.74, 6) is 0. The number of rotatable bonds is 9. The second kappa shape index (κ2) is 8.98. The molecular formula is C17H30N2. The topological polar surface area (TPSA) is 15.3 Å². The van der Waals surface area contributed by atoms with Crippen LogP contribution in [0, 0.1) is 0 Å². The number of unbranched alkanes of at least 4 members (excludes halogenated alkanes) is 3. The van der Waals surface area contributed by atoms with Crippen molar-refractivity contribution in [3.05, 3.63) is 29.8 Å². The second-order valence-electron chi connectivity index (χ2n) is 5.45. The molecule has 0 saturated carbocycles. The van der Waals surface area contributed by atoms with Gasteiger partial charge in [0, 0.05) is 25.8 Å². The fourth-order valence-electron chi connectivity index (χ4n) is 2.43. The molecule has 2 nitrogen and oxygen atoms in total. The second-order valence-corrected chi connectivity index (χ2v) is 5.45. The molecule has 0 fully saturated rings. The van der Waals surface area contributed by atoms with Crippen molar-refractivity contribution in [3.8, 4) is 0 Å². The molecule has 0 heterocycles. The zero-order valence-electron chi connectivity index (χ0n) is 13.1. The summed E-state index contributed by atoms with van der Waals surface area (Å²) in [5, 5.41) is 3.62. The van der Waals surface area contributed by atoms with Crippen LogP contribution in [0.3, 0.4) is 0 Å². The SMILES string of the molecule is CCCCCCC(NCC)c1cccc(N(C)C)c1. The van der Waals surface area contributed by atoms with E-state index in [0.717, 1.165) is 6.54 Å². The molecule has 0 aliphatic rings. The minimum atomic E-state index is 0.502. The predicted molar refractivity (Wildman–Crippen MR) is 85.9 cm³/mol. The first kappa shape index (κ1) is 16.0. The van der Waals surface area contributed by atoms with E-state index in [0.29, 0.717) is 6.04 Å². The van der Waals surface area contributed by atoms with Gasteiger partial charge in [0.2, 0.25) is 0 Å². The molecule has 0 aromatic heterocycles. The van der Waals surface area contributed by atoms with Gasteiger partial charge in [-0.3, -0.25) is 0 Å². The zero-order valence-corrected chi connectivity index (χ0v) is 13.1. The molecule has 0 radical (unpaired) electrons. The maximum absolute atomic E-state index is 3.62. The lowest BCUT2D eigenvalue weighted by Crippen LogP contribution is -2.21. The van der Waals surface area contributed by atoms with Gasteiger partial charge in [0.1, 0.15) is 0 Å². The van der Waals surface area contributed by atoms with E-state index in [1.165, 1.54) is 43.4 Å². The Hall–Kier alpha value is -1.02. The van der Waals surface area contributed by atoms with Crippen LogP contribution < -0.4 is 10.2 Å². The van der Waals surface area contributed by atoms with Crippen molar-refractivity contribution in [2.24, 2.45) is 0 Å². The molecule has 1 atom stereocenters. The van der Waals surface area contributed by atoms with Crippen molar-refractivity contribution >= 4 is 5.69 Å². The number of hydrogen-bond donors (Lipinski definition) is 1. The van der Waals surface area contributed by atoms with Crippen LogP contribution in [0.25, 0.3) is 0 Å². The van der Waals surface area contributed by atoms with Crippen molar-refractivity contribution in [1.29, 1.82) is 0 Å².